The van der Waals surface area contributed by atoms with E-state index in [4.69, 9.17) is 4.74 Å². The zero-order valence-electron chi connectivity index (χ0n) is 14.9. The largest absolute Gasteiger partial charge is 0.452 e. The van der Waals surface area contributed by atoms with Gasteiger partial charge in [-0.1, -0.05) is 12.1 Å². The molecule has 0 aromatic heterocycles. The first-order chi connectivity index (χ1) is 12.4. The number of ether oxygens (including phenoxy) is 1. The molecule has 0 bridgehead atoms. The van der Waals surface area contributed by atoms with E-state index >= 15 is 0 Å². The van der Waals surface area contributed by atoms with Gasteiger partial charge in [-0.25, -0.2) is 4.79 Å². The third-order valence-corrected chi connectivity index (χ3v) is 3.92. The van der Waals surface area contributed by atoms with Crippen LogP contribution in [0.25, 0.3) is 0 Å². The summed E-state index contributed by atoms with van der Waals surface area (Å²) in [5.41, 5.74) is 1.51. The molecule has 1 heterocycles. The van der Waals surface area contributed by atoms with Gasteiger partial charge in [0.25, 0.3) is 5.91 Å². The molecule has 1 atom stereocenters. The highest BCUT2D eigenvalue weighted by atomic mass is 16.5. The molecule has 1 aromatic carbocycles. The minimum atomic E-state index is -1.08. The minimum Gasteiger partial charge on any atom is -0.452 e. The van der Waals surface area contributed by atoms with Crippen LogP contribution in [0.1, 0.15) is 32.3 Å². The predicted molar refractivity (Wildman–Crippen MR) is 94.5 cm³/mol. The summed E-state index contributed by atoms with van der Waals surface area (Å²) in [4.78, 5) is 48.4. The summed E-state index contributed by atoms with van der Waals surface area (Å²) >= 11 is 0. The van der Waals surface area contributed by atoms with Crippen molar-refractivity contribution in [2.75, 3.05) is 18.0 Å². The number of anilines is 1. The molecule has 1 aliphatic rings. The summed E-state index contributed by atoms with van der Waals surface area (Å²) < 4.78 is 5.05. The lowest BCUT2D eigenvalue weighted by Gasteiger charge is -2.16. The Morgan fingerprint density at radius 3 is 2.50 bits per heavy atom. The zero-order valence-corrected chi connectivity index (χ0v) is 14.9. The van der Waals surface area contributed by atoms with Crippen LogP contribution >= 0.6 is 0 Å². The third-order valence-electron chi connectivity index (χ3n) is 3.92. The van der Waals surface area contributed by atoms with E-state index < -0.39 is 24.0 Å². The number of urea groups is 1. The van der Waals surface area contributed by atoms with Crippen molar-refractivity contribution in [2.24, 2.45) is 0 Å². The highest BCUT2D eigenvalue weighted by molar-refractivity contribution is 5.97. The Hall–Kier alpha value is -2.90. The lowest BCUT2D eigenvalue weighted by molar-refractivity contribution is -0.153. The fourth-order valence-electron chi connectivity index (χ4n) is 2.59. The summed E-state index contributed by atoms with van der Waals surface area (Å²) in [5.74, 6) is -1.16. The predicted octanol–water partition coefficient (Wildman–Crippen LogP) is 1.13. The molecule has 1 aromatic rings. The molecule has 0 saturated carbocycles. The molecule has 0 aliphatic carbocycles. The number of hydrogen-bond donors (Lipinski definition) is 2. The molecule has 0 radical (unpaired) electrons. The molecule has 0 spiro atoms. The van der Waals surface area contributed by atoms with E-state index in [9.17, 15) is 19.2 Å². The van der Waals surface area contributed by atoms with E-state index in [-0.39, 0.29) is 12.3 Å². The van der Waals surface area contributed by atoms with Crippen molar-refractivity contribution in [2.45, 2.75) is 39.2 Å². The first kappa shape index (κ1) is 19.4. The molecule has 2 rings (SSSR count). The van der Waals surface area contributed by atoms with Crippen molar-refractivity contribution in [3.8, 4) is 0 Å². The molecule has 4 amide bonds. The number of nitrogens with zero attached hydrogens (tertiary/aromatic N) is 1. The van der Waals surface area contributed by atoms with Gasteiger partial charge in [0.1, 0.15) is 0 Å². The number of amides is 4. The van der Waals surface area contributed by atoms with Crippen LogP contribution in [-0.2, 0) is 25.5 Å². The van der Waals surface area contributed by atoms with Gasteiger partial charge >= 0.3 is 12.0 Å². The van der Waals surface area contributed by atoms with Crippen molar-refractivity contribution < 1.29 is 23.9 Å². The van der Waals surface area contributed by atoms with Gasteiger partial charge in [0, 0.05) is 25.2 Å². The SMILES string of the molecule is CCNC(=O)NC(=O)[C@H](C)OC(=O)Cc1ccc(N2CCCC2=O)cc1. The second-order valence-electron chi connectivity index (χ2n) is 5.97. The van der Waals surface area contributed by atoms with E-state index in [2.05, 4.69) is 10.6 Å². The molecule has 1 saturated heterocycles. The number of carbonyl (C=O) groups excluding carboxylic acids is 4. The number of hydrogen-bond acceptors (Lipinski definition) is 5. The molecule has 8 nitrogen and oxygen atoms in total. The van der Waals surface area contributed by atoms with Crippen LogP contribution < -0.4 is 15.5 Å². The number of rotatable bonds is 6. The van der Waals surface area contributed by atoms with Crippen LogP contribution in [0.4, 0.5) is 10.5 Å². The molecule has 8 heteroatoms. The molecule has 1 fully saturated rings. The minimum absolute atomic E-state index is 0.00694. The number of nitrogens with one attached hydrogen (secondary N) is 2. The van der Waals surface area contributed by atoms with Crippen molar-refractivity contribution in [3.63, 3.8) is 0 Å². The normalized spacial score (nSPS) is 14.7. The van der Waals surface area contributed by atoms with Crippen LogP contribution in [0, 0.1) is 0 Å². The maximum Gasteiger partial charge on any atom is 0.321 e. The highest BCUT2D eigenvalue weighted by Crippen LogP contribution is 2.21. The average Bonchev–Trinajstić information content (AvgIpc) is 3.01. The Morgan fingerprint density at radius 2 is 1.92 bits per heavy atom. The van der Waals surface area contributed by atoms with Crippen molar-refractivity contribution in [1.82, 2.24) is 10.6 Å². The van der Waals surface area contributed by atoms with Gasteiger partial charge in [-0.2, -0.15) is 0 Å². The van der Waals surface area contributed by atoms with Crippen molar-refractivity contribution >= 4 is 29.5 Å². The van der Waals surface area contributed by atoms with Gasteiger partial charge in [-0.05, 0) is 38.0 Å². The zero-order chi connectivity index (χ0) is 19.1. The lowest BCUT2D eigenvalue weighted by atomic mass is 10.1. The molecule has 0 unspecified atom stereocenters. The Labute approximate surface area is 151 Å². The maximum absolute atomic E-state index is 12.0. The monoisotopic (exact) mass is 361 g/mol. The fraction of sp³-hybridized carbons (Fsp3) is 0.444. The average molecular weight is 361 g/mol. The Balaban J connectivity index is 1.84. The van der Waals surface area contributed by atoms with Crippen molar-refractivity contribution in [3.05, 3.63) is 29.8 Å². The van der Waals surface area contributed by atoms with Crippen molar-refractivity contribution in [1.29, 1.82) is 0 Å². The molecule has 26 heavy (non-hydrogen) atoms. The van der Waals surface area contributed by atoms with Gasteiger partial charge in [0.05, 0.1) is 6.42 Å². The van der Waals surface area contributed by atoms with Crippen LogP contribution in [0.15, 0.2) is 24.3 Å². The smallest absolute Gasteiger partial charge is 0.321 e. The second kappa shape index (κ2) is 8.98. The Morgan fingerprint density at radius 1 is 1.23 bits per heavy atom. The van der Waals surface area contributed by atoms with E-state index in [1.807, 2.05) is 0 Å². The van der Waals surface area contributed by atoms with Gasteiger partial charge in [0.15, 0.2) is 6.10 Å². The summed E-state index contributed by atoms with van der Waals surface area (Å²) in [7, 11) is 0. The Bertz CT molecular complexity index is 687. The fourth-order valence-corrected chi connectivity index (χ4v) is 2.59. The highest BCUT2D eigenvalue weighted by Gasteiger charge is 2.22. The molecular formula is C18H23N3O5. The third kappa shape index (κ3) is 5.30. The van der Waals surface area contributed by atoms with Crippen LogP contribution in [-0.4, -0.2) is 43.0 Å². The standard InChI is InChI=1S/C18H23N3O5/c1-3-19-18(25)20-17(24)12(2)26-16(23)11-13-6-8-14(9-7-13)21-10-4-5-15(21)22/h6-9,12H,3-5,10-11H2,1-2H3,(H2,19,20,24,25)/t12-/m0/s1. The molecule has 1 aliphatic heterocycles. The molecule has 2 N–H and O–H groups in total. The quantitative estimate of drug-likeness (QED) is 0.739. The summed E-state index contributed by atoms with van der Waals surface area (Å²) in [6, 6.07) is 6.45. The summed E-state index contributed by atoms with van der Waals surface area (Å²) in [6.07, 6.45) is 0.326. The van der Waals surface area contributed by atoms with E-state index in [1.165, 1.54) is 6.92 Å². The number of imide groups is 1. The van der Waals surface area contributed by atoms with E-state index in [0.717, 1.165) is 12.1 Å². The summed E-state index contributed by atoms with van der Waals surface area (Å²) in [5, 5.41) is 4.51. The van der Waals surface area contributed by atoms with Crippen LogP contribution in [0.2, 0.25) is 0 Å². The van der Waals surface area contributed by atoms with Gasteiger partial charge in [-0.3, -0.25) is 19.7 Å². The lowest BCUT2D eigenvalue weighted by Crippen LogP contribution is -2.44. The second-order valence-corrected chi connectivity index (χ2v) is 5.97. The number of esters is 1. The molecular weight excluding hydrogens is 338 g/mol. The topological polar surface area (TPSA) is 105 Å². The first-order valence-corrected chi connectivity index (χ1v) is 8.58. The van der Waals surface area contributed by atoms with Crippen LogP contribution in [0.5, 0.6) is 0 Å². The number of benzene rings is 1. The van der Waals surface area contributed by atoms with Gasteiger partial charge < -0.3 is 15.0 Å². The van der Waals surface area contributed by atoms with E-state index in [1.54, 1.807) is 36.1 Å². The van der Waals surface area contributed by atoms with Crippen LogP contribution in [0.3, 0.4) is 0 Å². The van der Waals surface area contributed by atoms with Gasteiger partial charge in [0.2, 0.25) is 5.91 Å². The number of carbonyl (C=O) groups is 4. The van der Waals surface area contributed by atoms with Gasteiger partial charge in [-0.15, -0.1) is 0 Å². The summed E-state index contributed by atoms with van der Waals surface area (Å²) in [6.45, 7) is 4.21. The first-order valence-electron chi connectivity index (χ1n) is 8.58. The maximum atomic E-state index is 12.0. The van der Waals surface area contributed by atoms with E-state index in [0.29, 0.717) is 25.1 Å². The Kier molecular flexibility index (Phi) is 6.71. The molecule has 140 valence electrons.